The molecule has 0 saturated heterocycles. The maximum absolute atomic E-state index is 13.1. The minimum absolute atomic E-state index is 0.0924. The highest BCUT2D eigenvalue weighted by atomic mass is 79.9. The molecule has 36 heavy (non-hydrogen) atoms. The molecule has 0 atom stereocenters. The van der Waals surface area contributed by atoms with E-state index in [2.05, 4.69) is 21.2 Å². The molecule has 186 valence electrons. The Hall–Kier alpha value is -4.03. The van der Waals surface area contributed by atoms with Crippen molar-refractivity contribution in [3.63, 3.8) is 0 Å². The van der Waals surface area contributed by atoms with Crippen LogP contribution in [0.4, 0.5) is 4.39 Å². The number of halogens is 2. The third-order valence-electron chi connectivity index (χ3n) is 5.19. The first kappa shape index (κ1) is 26.6. The summed E-state index contributed by atoms with van der Waals surface area (Å²) in [4.78, 5) is 12.7. The van der Waals surface area contributed by atoms with Crippen molar-refractivity contribution in [3.05, 3.63) is 87.2 Å². The predicted molar refractivity (Wildman–Crippen MR) is 136 cm³/mol. The number of amides is 1. The molecule has 0 heterocycles. The summed E-state index contributed by atoms with van der Waals surface area (Å²) in [6.07, 6.45) is 1.46. The molecule has 0 fully saturated rings. The minimum Gasteiger partial charge on any atom is -0.497 e. The highest BCUT2D eigenvalue weighted by Gasteiger charge is 2.15. The Morgan fingerprint density at radius 3 is 2.36 bits per heavy atom. The van der Waals surface area contributed by atoms with Crippen molar-refractivity contribution >= 4 is 27.9 Å². The number of hydrogen-bond donors (Lipinski definition) is 1. The van der Waals surface area contributed by atoms with Gasteiger partial charge in [0.15, 0.2) is 11.5 Å². The number of nitriles is 1. The third kappa shape index (κ3) is 6.77. The molecule has 1 N–H and O–H groups in total. The van der Waals surface area contributed by atoms with E-state index in [0.29, 0.717) is 33.0 Å². The van der Waals surface area contributed by atoms with E-state index in [4.69, 9.17) is 18.9 Å². The summed E-state index contributed by atoms with van der Waals surface area (Å²) in [6, 6.07) is 16.5. The minimum atomic E-state index is -0.544. The van der Waals surface area contributed by atoms with Crippen molar-refractivity contribution < 1.29 is 28.1 Å². The molecule has 9 heteroatoms. The summed E-state index contributed by atoms with van der Waals surface area (Å²) in [5.41, 5.74) is 1.98. The zero-order valence-corrected chi connectivity index (χ0v) is 21.5. The lowest BCUT2D eigenvalue weighted by atomic mass is 10.1. The van der Waals surface area contributed by atoms with Crippen LogP contribution in [-0.4, -0.2) is 27.2 Å². The summed E-state index contributed by atoms with van der Waals surface area (Å²) >= 11 is 3.46. The molecule has 0 saturated carbocycles. The van der Waals surface area contributed by atoms with Crippen LogP contribution in [-0.2, 0) is 17.9 Å². The maximum atomic E-state index is 13.1. The lowest BCUT2D eigenvalue weighted by Gasteiger charge is -2.13. The average molecular weight is 555 g/mol. The first-order chi connectivity index (χ1) is 17.4. The number of carbonyl (C=O) groups is 1. The second-order valence-electron chi connectivity index (χ2n) is 7.47. The van der Waals surface area contributed by atoms with Gasteiger partial charge < -0.3 is 24.3 Å². The van der Waals surface area contributed by atoms with Crippen LogP contribution in [0, 0.1) is 17.1 Å². The van der Waals surface area contributed by atoms with Gasteiger partial charge in [-0.05, 0) is 53.6 Å². The fourth-order valence-corrected chi connectivity index (χ4v) is 3.69. The van der Waals surface area contributed by atoms with Crippen LogP contribution in [0.2, 0.25) is 0 Å². The highest BCUT2D eigenvalue weighted by molar-refractivity contribution is 9.10. The first-order valence-electron chi connectivity index (χ1n) is 10.7. The van der Waals surface area contributed by atoms with Gasteiger partial charge in [-0.2, -0.15) is 5.26 Å². The molecule has 0 aliphatic heterocycles. The van der Waals surface area contributed by atoms with E-state index in [-0.39, 0.29) is 24.5 Å². The van der Waals surface area contributed by atoms with Gasteiger partial charge in [-0.15, -0.1) is 0 Å². The predicted octanol–water partition coefficient (Wildman–Crippen LogP) is 5.42. The Bertz CT molecular complexity index is 1300. The van der Waals surface area contributed by atoms with E-state index in [1.807, 2.05) is 6.07 Å². The second kappa shape index (κ2) is 12.6. The molecule has 0 aliphatic rings. The van der Waals surface area contributed by atoms with Crippen LogP contribution in [0.1, 0.15) is 16.7 Å². The van der Waals surface area contributed by atoms with E-state index >= 15 is 0 Å². The summed E-state index contributed by atoms with van der Waals surface area (Å²) in [5, 5.41) is 12.3. The van der Waals surface area contributed by atoms with Gasteiger partial charge in [0.25, 0.3) is 5.91 Å². The van der Waals surface area contributed by atoms with Gasteiger partial charge in [-0.3, -0.25) is 4.79 Å². The molecule has 3 aromatic rings. The zero-order valence-electron chi connectivity index (χ0n) is 19.9. The molecular formula is C27H24BrFN2O5. The molecule has 7 nitrogen and oxygen atoms in total. The number of ether oxygens (including phenoxy) is 4. The lowest BCUT2D eigenvalue weighted by molar-refractivity contribution is -0.117. The Morgan fingerprint density at radius 2 is 1.72 bits per heavy atom. The molecule has 0 bridgehead atoms. The molecule has 3 rings (SSSR count). The standard InChI is InChI=1S/C27H24BrFN2O5/c1-33-22-9-6-18(24(12-22)34-2)15-31-27(32)20(14-30)10-19-11-25(35-3)26(13-23(19)28)36-16-17-4-7-21(29)8-5-17/h4-13H,15-16H2,1-3H3,(H,31,32)/b20-10+. The van der Waals surface area contributed by atoms with Gasteiger partial charge in [-0.25, -0.2) is 4.39 Å². The van der Waals surface area contributed by atoms with Gasteiger partial charge in [0.2, 0.25) is 0 Å². The number of hydrogen-bond acceptors (Lipinski definition) is 6. The topological polar surface area (TPSA) is 89.8 Å². The van der Waals surface area contributed by atoms with Crippen molar-refractivity contribution in [1.82, 2.24) is 5.32 Å². The van der Waals surface area contributed by atoms with E-state index in [1.165, 1.54) is 32.4 Å². The summed E-state index contributed by atoms with van der Waals surface area (Å²) in [5.74, 6) is 1.17. The molecule has 0 radical (unpaired) electrons. The molecular weight excluding hydrogens is 531 g/mol. The normalized spacial score (nSPS) is 10.8. The Morgan fingerprint density at radius 1 is 1.00 bits per heavy atom. The molecule has 1 amide bonds. The first-order valence-corrected chi connectivity index (χ1v) is 11.5. The maximum Gasteiger partial charge on any atom is 0.262 e. The van der Waals surface area contributed by atoms with Gasteiger partial charge in [0.1, 0.15) is 35.6 Å². The molecule has 3 aromatic carbocycles. The van der Waals surface area contributed by atoms with Crippen molar-refractivity contribution in [3.8, 4) is 29.1 Å². The summed E-state index contributed by atoms with van der Waals surface area (Å²) < 4.78 is 35.5. The Balaban J connectivity index is 1.75. The van der Waals surface area contributed by atoms with Gasteiger partial charge >= 0.3 is 0 Å². The number of methoxy groups -OCH3 is 3. The monoisotopic (exact) mass is 554 g/mol. The van der Waals surface area contributed by atoms with E-state index in [1.54, 1.807) is 49.6 Å². The fourth-order valence-electron chi connectivity index (χ4n) is 3.25. The van der Waals surface area contributed by atoms with Crippen LogP contribution >= 0.6 is 15.9 Å². The second-order valence-corrected chi connectivity index (χ2v) is 8.32. The molecule has 0 spiro atoms. The smallest absolute Gasteiger partial charge is 0.262 e. The van der Waals surface area contributed by atoms with E-state index < -0.39 is 5.91 Å². The van der Waals surface area contributed by atoms with Crippen molar-refractivity contribution in [2.75, 3.05) is 21.3 Å². The van der Waals surface area contributed by atoms with Crippen molar-refractivity contribution in [1.29, 1.82) is 5.26 Å². The van der Waals surface area contributed by atoms with Gasteiger partial charge in [0, 0.05) is 22.6 Å². The number of nitrogens with one attached hydrogen (secondary N) is 1. The van der Waals surface area contributed by atoms with Gasteiger partial charge in [0.05, 0.1) is 21.3 Å². The third-order valence-corrected chi connectivity index (χ3v) is 5.88. The fraction of sp³-hybridized carbons (Fsp3) is 0.185. The van der Waals surface area contributed by atoms with Crippen molar-refractivity contribution in [2.24, 2.45) is 0 Å². The summed E-state index contributed by atoms with van der Waals surface area (Å²) in [7, 11) is 4.57. The molecule has 0 unspecified atom stereocenters. The SMILES string of the molecule is COc1ccc(CNC(=O)/C(C#N)=C/c2cc(OC)c(OCc3ccc(F)cc3)cc2Br)c(OC)c1. The lowest BCUT2D eigenvalue weighted by Crippen LogP contribution is -2.24. The zero-order chi connectivity index (χ0) is 26.1. The molecule has 0 aliphatic carbocycles. The quantitative estimate of drug-likeness (QED) is 0.266. The number of rotatable bonds is 10. The highest BCUT2D eigenvalue weighted by Crippen LogP contribution is 2.35. The number of carbonyl (C=O) groups excluding carboxylic acids is 1. The van der Waals surface area contributed by atoms with Crippen molar-refractivity contribution in [2.45, 2.75) is 13.2 Å². The van der Waals surface area contributed by atoms with Crippen LogP contribution in [0.15, 0.2) is 64.6 Å². The van der Waals surface area contributed by atoms with E-state index in [9.17, 15) is 14.4 Å². The van der Waals surface area contributed by atoms with Crippen LogP contribution in [0.5, 0.6) is 23.0 Å². The average Bonchev–Trinajstić information content (AvgIpc) is 2.90. The van der Waals surface area contributed by atoms with Crippen LogP contribution < -0.4 is 24.3 Å². The van der Waals surface area contributed by atoms with Gasteiger partial charge in [-0.1, -0.05) is 28.1 Å². The summed E-state index contributed by atoms with van der Waals surface area (Å²) in [6.45, 7) is 0.366. The van der Waals surface area contributed by atoms with Crippen LogP contribution in [0.25, 0.3) is 6.08 Å². The molecule has 0 aromatic heterocycles. The van der Waals surface area contributed by atoms with E-state index in [0.717, 1.165) is 11.1 Å². The number of benzene rings is 3. The number of nitrogens with zero attached hydrogens (tertiary/aromatic N) is 1. The largest absolute Gasteiger partial charge is 0.497 e. The van der Waals surface area contributed by atoms with Crippen LogP contribution in [0.3, 0.4) is 0 Å². The Kier molecular flexibility index (Phi) is 9.31. The Labute approximate surface area is 217 Å².